The summed E-state index contributed by atoms with van der Waals surface area (Å²) >= 11 is 0. The predicted molar refractivity (Wildman–Crippen MR) is 114 cm³/mol. The van der Waals surface area contributed by atoms with Crippen LogP contribution in [0.4, 0.5) is 11.4 Å². The molecule has 0 saturated heterocycles. The van der Waals surface area contributed by atoms with Gasteiger partial charge in [0.25, 0.3) is 0 Å². The monoisotopic (exact) mass is 404 g/mol. The van der Waals surface area contributed by atoms with E-state index in [0.717, 1.165) is 22.9 Å². The van der Waals surface area contributed by atoms with Crippen molar-refractivity contribution in [3.63, 3.8) is 0 Å². The topological polar surface area (TPSA) is 75.7 Å². The van der Waals surface area contributed by atoms with E-state index in [0.29, 0.717) is 23.5 Å². The van der Waals surface area contributed by atoms with Crippen molar-refractivity contribution in [2.45, 2.75) is 40.2 Å². The second-order valence-electron chi connectivity index (χ2n) is 6.97. The van der Waals surface area contributed by atoms with Gasteiger partial charge >= 0.3 is 0 Å². The highest BCUT2D eigenvalue weighted by molar-refractivity contribution is 7.92. The minimum absolute atomic E-state index is 0.320. The van der Waals surface area contributed by atoms with E-state index in [9.17, 15) is 13.2 Å². The van der Waals surface area contributed by atoms with Crippen LogP contribution in [0.5, 0.6) is 5.75 Å². The molecule has 152 valence electrons. The summed E-state index contributed by atoms with van der Waals surface area (Å²) in [6.45, 7) is 7.43. The Morgan fingerprint density at radius 1 is 1.11 bits per heavy atom. The largest absolute Gasteiger partial charge is 0.495 e. The van der Waals surface area contributed by atoms with E-state index in [2.05, 4.69) is 5.32 Å². The lowest BCUT2D eigenvalue weighted by atomic mass is 10.1. The molecule has 0 bridgehead atoms. The molecule has 0 heterocycles. The average Bonchev–Trinajstić information content (AvgIpc) is 2.61. The molecule has 0 aliphatic carbocycles. The molecule has 2 aromatic carbocycles. The quantitative estimate of drug-likeness (QED) is 0.761. The lowest BCUT2D eigenvalue weighted by molar-refractivity contribution is -0.117. The van der Waals surface area contributed by atoms with Gasteiger partial charge in [-0.3, -0.25) is 9.10 Å². The van der Waals surface area contributed by atoms with Gasteiger partial charge in [-0.25, -0.2) is 8.42 Å². The third kappa shape index (κ3) is 4.84. The molecule has 2 aromatic rings. The van der Waals surface area contributed by atoms with Gasteiger partial charge in [0.2, 0.25) is 15.9 Å². The Balaban J connectivity index is 2.48. The molecule has 7 heteroatoms. The maximum absolute atomic E-state index is 13.1. The number of nitrogens with zero attached hydrogens (tertiary/aromatic N) is 1. The number of sulfonamides is 1. The summed E-state index contributed by atoms with van der Waals surface area (Å²) in [5, 5.41) is 2.84. The van der Waals surface area contributed by atoms with Gasteiger partial charge in [0.15, 0.2) is 0 Å². The molecule has 28 heavy (non-hydrogen) atoms. The van der Waals surface area contributed by atoms with Crippen molar-refractivity contribution < 1.29 is 17.9 Å². The number of ether oxygens (including phenoxy) is 1. The first-order chi connectivity index (χ1) is 13.1. The SMILES string of the molecule is CC[C@H](C(=O)Nc1cc(C)ccc1OC)N(c1cc(C)ccc1C)S(C)(=O)=O. The summed E-state index contributed by atoms with van der Waals surface area (Å²) in [5.41, 5.74) is 3.69. The molecule has 0 unspecified atom stereocenters. The highest BCUT2D eigenvalue weighted by atomic mass is 32.2. The smallest absolute Gasteiger partial charge is 0.248 e. The Morgan fingerprint density at radius 2 is 1.71 bits per heavy atom. The summed E-state index contributed by atoms with van der Waals surface area (Å²) in [6, 6.07) is 10.1. The van der Waals surface area contributed by atoms with Crippen molar-refractivity contribution in [3.05, 3.63) is 53.1 Å². The third-order valence-electron chi connectivity index (χ3n) is 4.54. The van der Waals surface area contributed by atoms with Crippen LogP contribution in [0.3, 0.4) is 0 Å². The van der Waals surface area contributed by atoms with Gasteiger partial charge in [0.05, 0.1) is 24.7 Å². The van der Waals surface area contributed by atoms with Crippen LogP contribution in [0.1, 0.15) is 30.0 Å². The van der Waals surface area contributed by atoms with E-state index < -0.39 is 22.0 Å². The Labute approximate surface area is 167 Å². The van der Waals surface area contributed by atoms with E-state index in [-0.39, 0.29) is 0 Å². The lowest BCUT2D eigenvalue weighted by Gasteiger charge is -2.31. The summed E-state index contributed by atoms with van der Waals surface area (Å²) < 4.78 is 31.8. The van der Waals surface area contributed by atoms with Crippen LogP contribution in [-0.4, -0.2) is 33.7 Å². The van der Waals surface area contributed by atoms with Gasteiger partial charge < -0.3 is 10.1 Å². The zero-order chi connectivity index (χ0) is 21.1. The maximum atomic E-state index is 13.1. The van der Waals surface area contributed by atoms with Crippen LogP contribution >= 0.6 is 0 Å². The zero-order valence-electron chi connectivity index (χ0n) is 17.2. The van der Waals surface area contributed by atoms with Crippen LogP contribution in [0.2, 0.25) is 0 Å². The molecule has 2 rings (SSSR count). The molecule has 1 N–H and O–H groups in total. The minimum Gasteiger partial charge on any atom is -0.495 e. The zero-order valence-corrected chi connectivity index (χ0v) is 18.1. The van der Waals surface area contributed by atoms with Gasteiger partial charge in [0.1, 0.15) is 11.8 Å². The molecule has 1 amide bonds. The van der Waals surface area contributed by atoms with E-state index in [1.165, 1.54) is 11.4 Å². The molecule has 0 radical (unpaired) electrons. The summed E-state index contributed by atoms with van der Waals surface area (Å²) in [4.78, 5) is 13.1. The van der Waals surface area contributed by atoms with Crippen LogP contribution in [0.15, 0.2) is 36.4 Å². The van der Waals surface area contributed by atoms with Crippen LogP contribution < -0.4 is 14.4 Å². The first-order valence-electron chi connectivity index (χ1n) is 9.10. The fraction of sp³-hybridized carbons (Fsp3) is 0.381. The first-order valence-corrected chi connectivity index (χ1v) is 11.0. The Kier molecular flexibility index (Phi) is 6.72. The van der Waals surface area contributed by atoms with Crippen LogP contribution in [-0.2, 0) is 14.8 Å². The van der Waals surface area contributed by atoms with Crippen molar-refractivity contribution in [1.29, 1.82) is 0 Å². The Bertz CT molecular complexity index is 970. The number of anilines is 2. The standard InChI is InChI=1S/C21H28N2O4S/c1-7-18(21(24)22-17-12-14(2)9-11-20(17)27-5)23(28(6,25)26)19-13-15(3)8-10-16(19)4/h8-13,18H,7H2,1-6H3,(H,22,24)/t18-/m1/s1. The number of rotatable bonds is 7. The van der Waals surface area contributed by atoms with Crippen molar-refractivity contribution in [2.75, 3.05) is 23.0 Å². The summed E-state index contributed by atoms with van der Waals surface area (Å²) in [7, 11) is -2.16. The molecule has 0 fully saturated rings. The molecule has 0 saturated carbocycles. The number of carbonyl (C=O) groups is 1. The van der Waals surface area contributed by atoms with Crippen molar-refractivity contribution in [1.82, 2.24) is 0 Å². The van der Waals surface area contributed by atoms with Gasteiger partial charge in [0, 0.05) is 0 Å². The second kappa shape index (κ2) is 8.65. The molecule has 0 aliphatic rings. The predicted octanol–water partition coefficient (Wildman–Crippen LogP) is 3.80. The van der Waals surface area contributed by atoms with Crippen molar-refractivity contribution in [2.24, 2.45) is 0 Å². The van der Waals surface area contributed by atoms with Crippen molar-refractivity contribution >= 4 is 27.3 Å². The lowest BCUT2D eigenvalue weighted by Crippen LogP contribution is -2.47. The van der Waals surface area contributed by atoms with Gasteiger partial charge in [-0.1, -0.05) is 25.1 Å². The fourth-order valence-corrected chi connectivity index (χ4v) is 4.39. The molecule has 0 spiro atoms. The van der Waals surface area contributed by atoms with E-state index in [4.69, 9.17) is 4.74 Å². The maximum Gasteiger partial charge on any atom is 0.248 e. The van der Waals surface area contributed by atoms with E-state index in [1.54, 1.807) is 25.1 Å². The molecule has 6 nitrogen and oxygen atoms in total. The fourth-order valence-electron chi connectivity index (χ4n) is 3.13. The number of methoxy groups -OCH3 is 1. The molecular formula is C21H28N2O4S. The second-order valence-corrected chi connectivity index (χ2v) is 8.83. The molecule has 0 aliphatic heterocycles. The number of hydrogen-bond donors (Lipinski definition) is 1. The molecule has 0 aromatic heterocycles. The molecular weight excluding hydrogens is 376 g/mol. The van der Waals surface area contributed by atoms with Crippen LogP contribution in [0, 0.1) is 20.8 Å². The van der Waals surface area contributed by atoms with E-state index >= 15 is 0 Å². The number of aryl methyl sites for hydroxylation is 3. The van der Waals surface area contributed by atoms with Gasteiger partial charge in [-0.05, 0) is 62.1 Å². The van der Waals surface area contributed by atoms with Crippen LogP contribution in [0.25, 0.3) is 0 Å². The Morgan fingerprint density at radius 3 is 2.29 bits per heavy atom. The highest BCUT2D eigenvalue weighted by Crippen LogP contribution is 2.30. The number of benzene rings is 2. The third-order valence-corrected chi connectivity index (χ3v) is 5.71. The highest BCUT2D eigenvalue weighted by Gasteiger charge is 2.32. The minimum atomic E-state index is -3.69. The summed E-state index contributed by atoms with van der Waals surface area (Å²) in [6.07, 6.45) is 1.44. The normalized spacial score (nSPS) is 12.4. The Hall–Kier alpha value is -2.54. The number of hydrogen-bond acceptors (Lipinski definition) is 4. The number of carbonyl (C=O) groups excluding carboxylic acids is 1. The van der Waals surface area contributed by atoms with Crippen molar-refractivity contribution in [3.8, 4) is 5.75 Å². The molecule has 1 atom stereocenters. The van der Waals surface area contributed by atoms with Gasteiger partial charge in [-0.2, -0.15) is 0 Å². The van der Waals surface area contributed by atoms with Gasteiger partial charge in [-0.15, -0.1) is 0 Å². The average molecular weight is 405 g/mol. The number of nitrogens with one attached hydrogen (secondary N) is 1. The summed E-state index contributed by atoms with van der Waals surface area (Å²) in [5.74, 6) is 0.115. The van der Waals surface area contributed by atoms with E-state index in [1.807, 2.05) is 39.0 Å². The first kappa shape index (κ1) is 21.8. The number of amides is 1.